The predicted octanol–water partition coefficient (Wildman–Crippen LogP) is 3.03. The van der Waals surface area contributed by atoms with E-state index in [4.69, 9.17) is 5.26 Å². The van der Waals surface area contributed by atoms with Crippen molar-refractivity contribution in [1.82, 2.24) is 4.98 Å². The first-order valence-electron chi connectivity index (χ1n) is 7.28. The van der Waals surface area contributed by atoms with Crippen LogP contribution >= 0.6 is 0 Å². The predicted molar refractivity (Wildman–Crippen MR) is 84.3 cm³/mol. The number of piperidine rings is 1. The van der Waals surface area contributed by atoms with Crippen LogP contribution in [-0.2, 0) is 0 Å². The van der Waals surface area contributed by atoms with Gasteiger partial charge < -0.3 is 10.2 Å². The third-order valence-electron chi connectivity index (χ3n) is 3.76. The molecule has 0 amide bonds. The molecule has 0 spiro atoms. The Morgan fingerprint density at radius 2 is 2.10 bits per heavy atom. The van der Waals surface area contributed by atoms with Crippen LogP contribution < -0.4 is 10.2 Å². The molecule has 2 heterocycles. The molecular weight excluding hydrogens is 260 g/mol. The standard InChI is InChI=1S/C17H18N4/c18-12-14-8-9-19-17(11-14)21-10-4-7-16(13-21)20-15-5-2-1-3-6-15/h1-3,5-6,8-9,11,16,20H,4,7,10,13H2. The molecule has 1 saturated heterocycles. The van der Waals surface area contributed by atoms with Crippen molar-refractivity contribution in [2.75, 3.05) is 23.3 Å². The molecule has 0 radical (unpaired) electrons. The topological polar surface area (TPSA) is 52.0 Å². The summed E-state index contributed by atoms with van der Waals surface area (Å²) >= 11 is 0. The van der Waals surface area contributed by atoms with Crippen molar-refractivity contribution < 1.29 is 0 Å². The number of benzene rings is 1. The molecule has 106 valence electrons. The summed E-state index contributed by atoms with van der Waals surface area (Å²) in [6.07, 6.45) is 3.99. The minimum Gasteiger partial charge on any atom is -0.381 e. The van der Waals surface area contributed by atoms with Crippen molar-refractivity contribution in [3.8, 4) is 6.07 Å². The van der Waals surface area contributed by atoms with Gasteiger partial charge >= 0.3 is 0 Å². The highest BCUT2D eigenvalue weighted by molar-refractivity contribution is 5.48. The monoisotopic (exact) mass is 278 g/mol. The Morgan fingerprint density at radius 1 is 1.24 bits per heavy atom. The van der Waals surface area contributed by atoms with Crippen LogP contribution in [0.5, 0.6) is 0 Å². The molecule has 4 nitrogen and oxygen atoms in total. The Morgan fingerprint density at radius 3 is 2.90 bits per heavy atom. The zero-order valence-electron chi connectivity index (χ0n) is 11.9. The van der Waals surface area contributed by atoms with Crippen molar-refractivity contribution in [3.63, 3.8) is 0 Å². The highest BCUT2D eigenvalue weighted by Crippen LogP contribution is 2.21. The largest absolute Gasteiger partial charge is 0.381 e. The normalized spacial score (nSPS) is 18.0. The fourth-order valence-corrected chi connectivity index (χ4v) is 2.73. The van der Waals surface area contributed by atoms with Crippen LogP contribution in [0.3, 0.4) is 0 Å². The van der Waals surface area contributed by atoms with Crippen LogP contribution in [0.1, 0.15) is 18.4 Å². The van der Waals surface area contributed by atoms with Crippen molar-refractivity contribution in [1.29, 1.82) is 5.26 Å². The van der Waals surface area contributed by atoms with Gasteiger partial charge in [0.05, 0.1) is 11.6 Å². The van der Waals surface area contributed by atoms with Crippen LogP contribution in [0.25, 0.3) is 0 Å². The first-order chi connectivity index (χ1) is 10.3. The lowest BCUT2D eigenvalue weighted by Gasteiger charge is -2.34. The quantitative estimate of drug-likeness (QED) is 0.937. The van der Waals surface area contributed by atoms with Gasteiger partial charge in [0, 0.05) is 31.0 Å². The van der Waals surface area contributed by atoms with Gasteiger partial charge in [-0.2, -0.15) is 5.26 Å². The Bertz CT molecular complexity index is 633. The summed E-state index contributed by atoms with van der Waals surface area (Å²) < 4.78 is 0. The second-order valence-electron chi connectivity index (χ2n) is 5.31. The van der Waals surface area contributed by atoms with E-state index in [1.165, 1.54) is 0 Å². The highest BCUT2D eigenvalue weighted by atomic mass is 15.2. The molecule has 4 heteroatoms. The van der Waals surface area contributed by atoms with E-state index < -0.39 is 0 Å². The molecule has 1 fully saturated rings. The number of anilines is 2. The minimum absolute atomic E-state index is 0.411. The second kappa shape index (κ2) is 6.27. The number of hydrogen-bond acceptors (Lipinski definition) is 4. The molecular formula is C17H18N4. The molecule has 21 heavy (non-hydrogen) atoms. The zero-order chi connectivity index (χ0) is 14.5. The first kappa shape index (κ1) is 13.4. The maximum absolute atomic E-state index is 9.00. The molecule has 1 aliphatic rings. The van der Waals surface area contributed by atoms with Gasteiger partial charge in [0.15, 0.2) is 0 Å². The summed E-state index contributed by atoms with van der Waals surface area (Å²) in [7, 11) is 0. The van der Waals surface area contributed by atoms with E-state index in [1.807, 2.05) is 24.3 Å². The van der Waals surface area contributed by atoms with E-state index in [-0.39, 0.29) is 0 Å². The van der Waals surface area contributed by atoms with Gasteiger partial charge in [-0.3, -0.25) is 0 Å². The van der Waals surface area contributed by atoms with Crippen LogP contribution in [0.15, 0.2) is 48.7 Å². The molecule has 1 N–H and O–H groups in total. The van der Waals surface area contributed by atoms with Gasteiger partial charge in [-0.1, -0.05) is 18.2 Å². The number of nitrogens with zero attached hydrogens (tertiary/aromatic N) is 3. The Labute approximate surface area is 125 Å². The van der Waals surface area contributed by atoms with Crippen LogP contribution in [0.4, 0.5) is 11.5 Å². The zero-order valence-corrected chi connectivity index (χ0v) is 11.9. The van der Waals surface area contributed by atoms with E-state index in [9.17, 15) is 0 Å². The van der Waals surface area contributed by atoms with Crippen LogP contribution in [0.2, 0.25) is 0 Å². The number of pyridine rings is 1. The molecule has 1 atom stereocenters. The summed E-state index contributed by atoms with van der Waals surface area (Å²) in [5, 5.41) is 12.6. The van der Waals surface area contributed by atoms with Gasteiger partial charge in [0.1, 0.15) is 5.82 Å². The molecule has 1 unspecified atom stereocenters. The van der Waals surface area contributed by atoms with E-state index in [2.05, 4.69) is 33.4 Å². The number of para-hydroxylation sites is 1. The second-order valence-corrected chi connectivity index (χ2v) is 5.31. The number of nitrogens with one attached hydrogen (secondary N) is 1. The summed E-state index contributed by atoms with van der Waals surface area (Å²) in [6, 6.07) is 16.5. The molecule has 0 aliphatic carbocycles. The summed E-state index contributed by atoms with van der Waals surface area (Å²) in [6.45, 7) is 1.91. The first-order valence-corrected chi connectivity index (χ1v) is 7.28. The van der Waals surface area contributed by atoms with E-state index in [0.29, 0.717) is 11.6 Å². The number of nitriles is 1. The van der Waals surface area contributed by atoms with Crippen molar-refractivity contribution in [3.05, 3.63) is 54.2 Å². The van der Waals surface area contributed by atoms with Gasteiger partial charge in [-0.15, -0.1) is 0 Å². The lowest BCUT2D eigenvalue weighted by molar-refractivity contribution is 0.527. The van der Waals surface area contributed by atoms with Gasteiger partial charge in [-0.05, 0) is 37.1 Å². The van der Waals surface area contributed by atoms with Crippen LogP contribution in [-0.4, -0.2) is 24.1 Å². The smallest absolute Gasteiger partial charge is 0.129 e. The van der Waals surface area contributed by atoms with Crippen molar-refractivity contribution in [2.24, 2.45) is 0 Å². The number of aromatic nitrogens is 1. The van der Waals surface area contributed by atoms with Crippen LogP contribution in [0, 0.1) is 11.3 Å². The minimum atomic E-state index is 0.411. The van der Waals surface area contributed by atoms with E-state index in [0.717, 1.165) is 37.4 Å². The molecule has 1 aromatic heterocycles. The maximum Gasteiger partial charge on any atom is 0.129 e. The SMILES string of the molecule is N#Cc1ccnc(N2CCCC(Nc3ccccc3)C2)c1. The molecule has 3 rings (SSSR count). The van der Waals surface area contributed by atoms with Crippen molar-refractivity contribution in [2.45, 2.75) is 18.9 Å². The lowest BCUT2D eigenvalue weighted by Crippen LogP contribution is -2.42. The number of rotatable bonds is 3. The summed E-state index contributed by atoms with van der Waals surface area (Å²) in [5.74, 6) is 0.897. The van der Waals surface area contributed by atoms with Gasteiger partial charge in [0.2, 0.25) is 0 Å². The molecule has 1 aliphatic heterocycles. The maximum atomic E-state index is 9.00. The summed E-state index contributed by atoms with van der Waals surface area (Å²) in [4.78, 5) is 6.65. The van der Waals surface area contributed by atoms with E-state index in [1.54, 1.807) is 12.3 Å². The molecule has 0 bridgehead atoms. The summed E-state index contributed by atoms with van der Waals surface area (Å²) in [5.41, 5.74) is 1.82. The third-order valence-corrected chi connectivity index (χ3v) is 3.76. The Kier molecular flexibility index (Phi) is 4.02. The van der Waals surface area contributed by atoms with Gasteiger partial charge in [-0.25, -0.2) is 4.98 Å². The van der Waals surface area contributed by atoms with Crippen molar-refractivity contribution >= 4 is 11.5 Å². The lowest BCUT2D eigenvalue weighted by atomic mass is 10.0. The Balaban J connectivity index is 1.69. The number of hydrogen-bond donors (Lipinski definition) is 1. The molecule has 1 aromatic carbocycles. The third kappa shape index (κ3) is 3.32. The molecule has 0 saturated carbocycles. The van der Waals surface area contributed by atoms with E-state index >= 15 is 0 Å². The average molecular weight is 278 g/mol. The highest BCUT2D eigenvalue weighted by Gasteiger charge is 2.20. The molecule has 2 aromatic rings. The Hall–Kier alpha value is -2.54. The fourth-order valence-electron chi connectivity index (χ4n) is 2.73. The van der Waals surface area contributed by atoms with Gasteiger partial charge in [0.25, 0.3) is 0 Å². The fraction of sp³-hybridized carbons (Fsp3) is 0.294. The average Bonchev–Trinajstić information content (AvgIpc) is 2.56.